The molecule has 0 radical (unpaired) electrons. The van der Waals surface area contributed by atoms with Crippen LogP contribution in [0.15, 0.2) is 36.5 Å². The monoisotopic (exact) mass is 447 g/mol. The highest BCUT2D eigenvalue weighted by Crippen LogP contribution is 2.40. The number of benzene rings is 1. The van der Waals surface area contributed by atoms with Crippen molar-refractivity contribution in [1.82, 2.24) is 25.0 Å². The first-order valence-electron chi connectivity index (χ1n) is 11.9. The number of hydrogen-bond acceptors (Lipinski definition) is 5. The van der Waals surface area contributed by atoms with Crippen molar-refractivity contribution in [3.63, 3.8) is 0 Å². The second-order valence-electron chi connectivity index (χ2n) is 9.67. The van der Waals surface area contributed by atoms with E-state index in [1.165, 1.54) is 5.69 Å². The molecule has 4 aliphatic heterocycles. The van der Waals surface area contributed by atoms with E-state index in [9.17, 15) is 14.4 Å². The number of piperidine rings is 2. The van der Waals surface area contributed by atoms with Gasteiger partial charge in [-0.2, -0.15) is 0 Å². The van der Waals surface area contributed by atoms with Gasteiger partial charge in [-0.3, -0.25) is 24.6 Å². The first kappa shape index (κ1) is 20.6. The Morgan fingerprint density at radius 3 is 2.82 bits per heavy atom. The number of nitrogens with zero attached hydrogens (tertiary/aromatic N) is 3. The molecule has 3 amide bonds. The van der Waals surface area contributed by atoms with E-state index in [1.807, 2.05) is 12.1 Å². The molecule has 172 valence electrons. The summed E-state index contributed by atoms with van der Waals surface area (Å²) in [5.74, 6) is -0.716. The molecule has 8 nitrogen and oxygen atoms in total. The SMILES string of the molecule is O=C1CCC(N2Cc3cccc(CN4CCn5cccc5C45CCCNC5)c3C2=O)C(=O)N1. The second kappa shape index (κ2) is 7.81. The van der Waals surface area contributed by atoms with Gasteiger partial charge < -0.3 is 14.8 Å². The number of hydrogen-bond donors (Lipinski definition) is 2. The molecule has 2 saturated heterocycles. The predicted molar refractivity (Wildman–Crippen MR) is 121 cm³/mol. The van der Waals surface area contributed by atoms with Crippen molar-refractivity contribution in [2.45, 2.75) is 56.9 Å². The normalized spacial score (nSPS) is 27.6. The average molecular weight is 448 g/mol. The third-order valence-corrected chi connectivity index (χ3v) is 7.88. The molecular formula is C25H29N5O3. The highest BCUT2D eigenvalue weighted by molar-refractivity contribution is 6.06. The number of imide groups is 1. The number of carbonyl (C=O) groups is 3. The van der Waals surface area contributed by atoms with Crippen LogP contribution in [0.4, 0.5) is 0 Å². The first-order chi connectivity index (χ1) is 16.1. The van der Waals surface area contributed by atoms with Gasteiger partial charge in [0.1, 0.15) is 6.04 Å². The minimum Gasteiger partial charge on any atom is -0.348 e. The lowest BCUT2D eigenvalue weighted by Crippen LogP contribution is -2.59. The molecule has 5 heterocycles. The van der Waals surface area contributed by atoms with E-state index >= 15 is 0 Å². The Kier molecular flexibility index (Phi) is 4.88. The van der Waals surface area contributed by atoms with E-state index in [0.29, 0.717) is 19.5 Å². The van der Waals surface area contributed by atoms with Crippen LogP contribution in [0.2, 0.25) is 0 Å². The van der Waals surface area contributed by atoms with Gasteiger partial charge in [0.25, 0.3) is 5.91 Å². The highest BCUT2D eigenvalue weighted by Gasteiger charge is 2.45. The Balaban J connectivity index is 1.31. The number of aromatic nitrogens is 1. The fraction of sp³-hybridized carbons (Fsp3) is 0.480. The van der Waals surface area contributed by atoms with Crippen molar-refractivity contribution in [2.75, 3.05) is 19.6 Å². The fourth-order valence-electron chi connectivity index (χ4n) is 6.27. The van der Waals surface area contributed by atoms with Crippen LogP contribution >= 0.6 is 0 Å². The number of carbonyl (C=O) groups excluding carboxylic acids is 3. The summed E-state index contributed by atoms with van der Waals surface area (Å²) >= 11 is 0. The summed E-state index contributed by atoms with van der Waals surface area (Å²) in [6.07, 6.45) is 5.04. The van der Waals surface area contributed by atoms with Gasteiger partial charge in [0, 0.05) is 56.6 Å². The zero-order valence-electron chi connectivity index (χ0n) is 18.7. The van der Waals surface area contributed by atoms with Gasteiger partial charge in [0.2, 0.25) is 11.8 Å². The van der Waals surface area contributed by atoms with Gasteiger partial charge >= 0.3 is 0 Å². The van der Waals surface area contributed by atoms with Gasteiger partial charge in [0.15, 0.2) is 0 Å². The molecule has 4 aliphatic rings. The standard InChI is InChI=1S/C25H29N5O3/c31-21-8-7-19(23(32)27-21)30-15-18-5-1-4-17(22(18)24(30)33)14-29-13-12-28-11-2-6-20(28)25(29)9-3-10-26-16-25/h1-2,4-6,11,19,26H,3,7-10,12-16H2,(H,27,31,32). The van der Waals surface area contributed by atoms with Crippen molar-refractivity contribution < 1.29 is 14.4 Å². The molecule has 0 aliphatic carbocycles. The Morgan fingerprint density at radius 1 is 1.09 bits per heavy atom. The Morgan fingerprint density at radius 2 is 2.00 bits per heavy atom. The fourth-order valence-corrected chi connectivity index (χ4v) is 6.27. The van der Waals surface area contributed by atoms with Gasteiger partial charge in [-0.05, 0) is 49.1 Å². The second-order valence-corrected chi connectivity index (χ2v) is 9.67. The highest BCUT2D eigenvalue weighted by atomic mass is 16.2. The van der Waals surface area contributed by atoms with Crippen molar-refractivity contribution in [3.05, 3.63) is 58.9 Å². The van der Waals surface area contributed by atoms with Crippen LogP contribution in [0.3, 0.4) is 0 Å². The molecule has 2 aromatic rings. The van der Waals surface area contributed by atoms with E-state index in [1.54, 1.807) is 4.90 Å². The van der Waals surface area contributed by atoms with E-state index in [2.05, 4.69) is 44.5 Å². The lowest BCUT2D eigenvalue weighted by molar-refractivity contribution is -0.136. The van der Waals surface area contributed by atoms with Crippen molar-refractivity contribution in [2.24, 2.45) is 0 Å². The summed E-state index contributed by atoms with van der Waals surface area (Å²) in [5, 5.41) is 6.00. The summed E-state index contributed by atoms with van der Waals surface area (Å²) in [6, 6.07) is 9.86. The maximum Gasteiger partial charge on any atom is 0.255 e. The van der Waals surface area contributed by atoms with Crippen molar-refractivity contribution in [1.29, 1.82) is 0 Å². The van der Waals surface area contributed by atoms with Crippen molar-refractivity contribution in [3.8, 4) is 0 Å². The number of amides is 3. The molecule has 2 atom stereocenters. The maximum atomic E-state index is 13.5. The predicted octanol–water partition coefficient (Wildman–Crippen LogP) is 1.34. The van der Waals surface area contributed by atoms with Crippen molar-refractivity contribution >= 4 is 17.7 Å². The Hall–Kier alpha value is -2.97. The minimum absolute atomic E-state index is 0.0757. The number of fused-ring (bicyclic) bond motifs is 3. The third-order valence-electron chi connectivity index (χ3n) is 7.88. The van der Waals surface area contributed by atoms with Crippen LogP contribution in [0.5, 0.6) is 0 Å². The summed E-state index contributed by atoms with van der Waals surface area (Å²) in [5.41, 5.74) is 4.01. The molecule has 33 heavy (non-hydrogen) atoms. The molecular weight excluding hydrogens is 418 g/mol. The van der Waals surface area contributed by atoms with E-state index in [-0.39, 0.29) is 29.7 Å². The average Bonchev–Trinajstić information content (AvgIpc) is 3.43. The lowest BCUT2D eigenvalue weighted by Gasteiger charge is -2.50. The van der Waals surface area contributed by atoms with Crippen LogP contribution in [0, 0.1) is 0 Å². The van der Waals surface area contributed by atoms with Crippen LogP contribution < -0.4 is 10.6 Å². The molecule has 8 heteroatoms. The number of rotatable bonds is 3. The molecule has 1 aromatic carbocycles. The Bertz CT molecular complexity index is 1130. The molecule has 6 rings (SSSR count). The summed E-state index contributed by atoms with van der Waals surface area (Å²) in [4.78, 5) is 41.7. The van der Waals surface area contributed by atoms with E-state index in [4.69, 9.17) is 0 Å². The lowest BCUT2D eigenvalue weighted by atomic mass is 9.82. The van der Waals surface area contributed by atoms with Crippen LogP contribution in [0.1, 0.15) is 52.9 Å². The van der Waals surface area contributed by atoms with Crippen LogP contribution in [-0.4, -0.2) is 57.8 Å². The molecule has 2 N–H and O–H groups in total. The zero-order valence-corrected chi connectivity index (χ0v) is 18.7. The van der Waals surface area contributed by atoms with Gasteiger partial charge in [-0.15, -0.1) is 0 Å². The topological polar surface area (TPSA) is 86.7 Å². The number of nitrogens with one attached hydrogen (secondary N) is 2. The minimum atomic E-state index is -0.581. The molecule has 2 fully saturated rings. The molecule has 1 spiro atoms. The van der Waals surface area contributed by atoms with Crippen LogP contribution in [0.25, 0.3) is 0 Å². The van der Waals surface area contributed by atoms with Gasteiger partial charge in [-0.25, -0.2) is 0 Å². The molecule has 0 bridgehead atoms. The maximum absolute atomic E-state index is 13.5. The molecule has 2 unspecified atom stereocenters. The summed E-state index contributed by atoms with van der Waals surface area (Å²) in [6.45, 7) is 4.93. The molecule has 0 saturated carbocycles. The summed E-state index contributed by atoms with van der Waals surface area (Å²) < 4.78 is 2.37. The van der Waals surface area contributed by atoms with Crippen LogP contribution in [-0.2, 0) is 34.8 Å². The summed E-state index contributed by atoms with van der Waals surface area (Å²) in [7, 11) is 0. The largest absolute Gasteiger partial charge is 0.348 e. The van der Waals surface area contributed by atoms with Gasteiger partial charge in [0.05, 0.1) is 5.54 Å². The van der Waals surface area contributed by atoms with Gasteiger partial charge in [-0.1, -0.05) is 18.2 Å². The van der Waals surface area contributed by atoms with E-state index < -0.39 is 6.04 Å². The quantitative estimate of drug-likeness (QED) is 0.694. The smallest absolute Gasteiger partial charge is 0.255 e. The Labute approximate surface area is 192 Å². The van der Waals surface area contributed by atoms with E-state index in [0.717, 1.165) is 55.7 Å². The third kappa shape index (κ3) is 3.23. The molecule has 1 aromatic heterocycles. The zero-order chi connectivity index (χ0) is 22.6. The first-order valence-corrected chi connectivity index (χ1v) is 11.9.